The molecular weight excluding hydrogens is 344 g/mol. The van der Waals surface area contributed by atoms with Crippen LogP contribution in [0.5, 0.6) is 5.75 Å². The van der Waals surface area contributed by atoms with Gasteiger partial charge in [-0.05, 0) is 25.2 Å². The predicted octanol–water partition coefficient (Wildman–Crippen LogP) is 3.71. The molecule has 3 heterocycles. The van der Waals surface area contributed by atoms with Crippen LogP contribution in [0.2, 0.25) is 0 Å². The molecule has 1 N–H and O–H groups in total. The fraction of sp³-hybridized carbons (Fsp3) is 0.550. The largest absolute Gasteiger partial charge is 0.493 e. The van der Waals surface area contributed by atoms with Crippen molar-refractivity contribution in [2.24, 2.45) is 5.41 Å². The van der Waals surface area contributed by atoms with Crippen LogP contribution < -0.4 is 15.0 Å². The Morgan fingerprint density at radius 2 is 2.15 bits per heavy atom. The van der Waals surface area contributed by atoms with Gasteiger partial charge < -0.3 is 19.5 Å². The van der Waals surface area contributed by atoms with E-state index in [1.165, 1.54) is 0 Å². The molecule has 27 heavy (non-hydrogen) atoms. The number of pyridine rings is 1. The zero-order valence-electron chi connectivity index (χ0n) is 16.8. The molecule has 0 fully saturated rings. The van der Waals surface area contributed by atoms with E-state index in [1.54, 1.807) is 7.11 Å². The van der Waals surface area contributed by atoms with E-state index in [1.807, 2.05) is 39.8 Å². The third kappa shape index (κ3) is 4.78. The first-order valence-corrected chi connectivity index (χ1v) is 9.30. The summed E-state index contributed by atoms with van der Waals surface area (Å²) in [5.41, 5.74) is 2.76. The Balaban J connectivity index is 1.84. The quantitative estimate of drug-likeness (QED) is 0.862. The lowest BCUT2D eigenvalue weighted by atomic mass is 9.92. The second-order valence-corrected chi connectivity index (χ2v) is 8.25. The molecule has 0 unspecified atom stereocenters. The topological polar surface area (TPSA) is 80.5 Å². The van der Waals surface area contributed by atoms with Gasteiger partial charge in [0.05, 0.1) is 30.7 Å². The summed E-state index contributed by atoms with van der Waals surface area (Å²) >= 11 is 0. The Labute approximate surface area is 160 Å². The second kappa shape index (κ2) is 7.58. The third-order valence-electron chi connectivity index (χ3n) is 4.42. The van der Waals surface area contributed by atoms with Crippen LogP contribution in [0, 0.1) is 12.3 Å². The maximum atomic E-state index is 12.3. The molecule has 2 aromatic heterocycles. The summed E-state index contributed by atoms with van der Waals surface area (Å²) in [4.78, 5) is 19.3. The molecular formula is C20H28N4O3. The van der Waals surface area contributed by atoms with Crippen molar-refractivity contribution in [3.8, 4) is 5.75 Å². The Morgan fingerprint density at radius 1 is 1.37 bits per heavy atom. The number of ether oxygens (including phenoxy) is 1. The van der Waals surface area contributed by atoms with Crippen molar-refractivity contribution in [1.29, 1.82) is 0 Å². The van der Waals surface area contributed by atoms with Gasteiger partial charge in [-0.1, -0.05) is 25.9 Å². The molecule has 0 atom stereocenters. The summed E-state index contributed by atoms with van der Waals surface area (Å²) in [6.07, 6.45) is 2.29. The predicted molar refractivity (Wildman–Crippen MR) is 104 cm³/mol. The van der Waals surface area contributed by atoms with E-state index >= 15 is 0 Å². The minimum Gasteiger partial charge on any atom is -0.493 e. The molecule has 7 nitrogen and oxygen atoms in total. The highest BCUT2D eigenvalue weighted by Crippen LogP contribution is 2.35. The van der Waals surface area contributed by atoms with Gasteiger partial charge in [0, 0.05) is 25.1 Å². The molecule has 0 radical (unpaired) electrons. The molecule has 1 aliphatic rings. The fourth-order valence-electron chi connectivity index (χ4n) is 3.28. The number of anilines is 2. The number of rotatable bonds is 5. The molecule has 1 aliphatic heterocycles. The van der Waals surface area contributed by atoms with E-state index in [0.29, 0.717) is 24.5 Å². The van der Waals surface area contributed by atoms with Crippen molar-refractivity contribution in [2.75, 3.05) is 23.9 Å². The second-order valence-electron chi connectivity index (χ2n) is 8.25. The number of aryl methyl sites for hydroxylation is 2. The number of fused-ring (bicyclic) bond motifs is 1. The first-order chi connectivity index (χ1) is 12.7. The Morgan fingerprint density at radius 3 is 2.78 bits per heavy atom. The van der Waals surface area contributed by atoms with Gasteiger partial charge in [-0.15, -0.1) is 0 Å². The van der Waals surface area contributed by atoms with Crippen LogP contribution in [-0.4, -0.2) is 29.7 Å². The number of hydrogen-bond acceptors (Lipinski definition) is 6. The maximum Gasteiger partial charge on any atom is 0.226 e. The lowest BCUT2D eigenvalue weighted by Gasteiger charge is -2.30. The van der Waals surface area contributed by atoms with Crippen LogP contribution >= 0.6 is 0 Å². The van der Waals surface area contributed by atoms with Crippen molar-refractivity contribution in [2.45, 2.75) is 53.5 Å². The van der Waals surface area contributed by atoms with Gasteiger partial charge in [-0.3, -0.25) is 4.79 Å². The van der Waals surface area contributed by atoms with Gasteiger partial charge >= 0.3 is 0 Å². The van der Waals surface area contributed by atoms with Gasteiger partial charge in [-0.2, -0.15) is 0 Å². The lowest BCUT2D eigenvalue weighted by Crippen LogP contribution is -2.30. The summed E-state index contributed by atoms with van der Waals surface area (Å²) in [6, 6.07) is 3.90. The molecule has 146 valence electrons. The van der Waals surface area contributed by atoms with E-state index in [0.717, 1.165) is 42.2 Å². The van der Waals surface area contributed by atoms with E-state index in [-0.39, 0.29) is 11.3 Å². The van der Waals surface area contributed by atoms with Crippen LogP contribution in [0.25, 0.3) is 0 Å². The van der Waals surface area contributed by atoms with Gasteiger partial charge in [0.15, 0.2) is 17.3 Å². The average molecular weight is 372 g/mol. The SMILES string of the molecule is COc1cc2c(nc1NC(=O)CC(C)(C)C)CCCN2Cc1cc(C)no1. The first-order valence-electron chi connectivity index (χ1n) is 9.30. The van der Waals surface area contributed by atoms with Gasteiger partial charge in [0.2, 0.25) is 5.91 Å². The zero-order chi connectivity index (χ0) is 19.6. The monoisotopic (exact) mass is 372 g/mol. The normalized spacial score (nSPS) is 14.0. The van der Waals surface area contributed by atoms with E-state index in [9.17, 15) is 4.79 Å². The van der Waals surface area contributed by atoms with Crippen molar-refractivity contribution in [3.05, 3.63) is 29.3 Å². The minimum atomic E-state index is -0.0858. The molecule has 0 aromatic carbocycles. The molecule has 7 heteroatoms. The van der Waals surface area contributed by atoms with Crippen LogP contribution in [0.4, 0.5) is 11.5 Å². The standard InChI is InChI=1S/C20H28N4O3/c1-13-9-14(27-23-13)12-24-8-6-7-15-16(24)10-17(26-5)19(21-15)22-18(25)11-20(2,3)4/h9-10H,6-8,11-12H2,1-5H3,(H,21,22,25). The summed E-state index contributed by atoms with van der Waals surface area (Å²) in [6.45, 7) is 9.56. The number of hydrogen-bond donors (Lipinski definition) is 1. The summed E-state index contributed by atoms with van der Waals surface area (Å²) in [5, 5.41) is 6.87. The van der Waals surface area contributed by atoms with Crippen molar-refractivity contribution in [3.63, 3.8) is 0 Å². The summed E-state index contributed by atoms with van der Waals surface area (Å²) in [5.74, 6) is 1.82. The molecule has 2 aromatic rings. The maximum absolute atomic E-state index is 12.3. The van der Waals surface area contributed by atoms with Crippen LogP contribution in [0.1, 0.15) is 50.8 Å². The number of methoxy groups -OCH3 is 1. The molecule has 0 saturated heterocycles. The van der Waals surface area contributed by atoms with Crippen LogP contribution in [0.15, 0.2) is 16.7 Å². The zero-order valence-corrected chi connectivity index (χ0v) is 16.8. The third-order valence-corrected chi connectivity index (χ3v) is 4.42. The number of carbonyl (C=O) groups excluding carboxylic acids is 1. The highest BCUT2D eigenvalue weighted by molar-refractivity contribution is 5.92. The van der Waals surface area contributed by atoms with Crippen molar-refractivity contribution in [1.82, 2.24) is 10.1 Å². The molecule has 0 bridgehead atoms. The van der Waals surface area contributed by atoms with Crippen molar-refractivity contribution < 1.29 is 14.1 Å². The van der Waals surface area contributed by atoms with Gasteiger partial charge in [0.25, 0.3) is 0 Å². The summed E-state index contributed by atoms with van der Waals surface area (Å²) < 4.78 is 10.9. The minimum absolute atomic E-state index is 0.0574. The van der Waals surface area contributed by atoms with Crippen LogP contribution in [-0.2, 0) is 17.8 Å². The Hall–Kier alpha value is -2.57. The highest BCUT2D eigenvalue weighted by Gasteiger charge is 2.24. The Kier molecular flexibility index (Phi) is 5.39. The summed E-state index contributed by atoms with van der Waals surface area (Å²) in [7, 11) is 1.59. The number of nitrogens with one attached hydrogen (secondary N) is 1. The average Bonchev–Trinajstić information content (AvgIpc) is 2.97. The molecule has 3 rings (SSSR count). The first kappa shape index (κ1) is 19.2. The van der Waals surface area contributed by atoms with Crippen LogP contribution in [0.3, 0.4) is 0 Å². The molecule has 1 amide bonds. The number of amides is 1. The van der Waals surface area contributed by atoms with Gasteiger partial charge in [0.1, 0.15) is 0 Å². The number of aromatic nitrogens is 2. The van der Waals surface area contributed by atoms with E-state index in [4.69, 9.17) is 14.2 Å². The molecule has 0 saturated carbocycles. The van der Waals surface area contributed by atoms with E-state index < -0.39 is 0 Å². The smallest absolute Gasteiger partial charge is 0.226 e. The number of nitrogens with zero attached hydrogens (tertiary/aromatic N) is 3. The molecule has 0 spiro atoms. The highest BCUT2D eigenvalue weighted by atomic mass is 16.5. The van der Waals surface area contributed by atoms with Crippen molar-refractivity contribution >= 4 is 17.4 Å². The van der Waals surface area contributed by atoms with E-state index in [2.05, 4.69) is 15.4 Å². The molecule has 0 aliphatic carbocycles. The lowest BCUT2D eigenvalue weighted by molar-refractivity contribution is -0.117. The fourth-order valence-corrected chi connectivity index (χ4v) is 3.28. The Bertz CT molecular complexity index is 823. The number of carbonyl (C=O) groups is 1. The van der Waals surface area contributed by atoms with Gasteiger partial charge in [-0.25, -0.2) is 4.98 Å².